The summed E-state index contributed by atoms with van der Waals surface area (Å²) in [6, 6.07) is 15.8. The van der Waals surface area contributed by atoms with Crippen LogP contribution in [0.2, 0.25) is 0 Å². The predicted molar refractivity (Wildman–Crippen MR) is 104 cm³/mol. The van der Waals surface area contributed by atoms with Crippen molar-refractivity contribution in [1.82, 2.24) is 4.90 Å². The van der Waals surface area contributed by atoms with Gasteiger partial charge in [0.15, 0.2) is 0 Å². The van der Waals surface area contributed by atoms with Gasteiger partial charge in [0.25, 0.3) is 0 Å². The zero-order chi connectivity index (χ0) is 20.5. The average Bonchev–Trinajstić information content (AvgIpc) is 2.71. The number of piperazine rings is 1. The van der Waals surface area contributed by atoms with Crippen LogP contribution in [0.3, 0.4) is 0 Å². The molecule has 150 valence electrons. The van der Waals surface area contributed by atoms with Gasteiger partial charge in [0.1, 0.15) is 11.5 Å². The minimum absolute atomic E-state index is 0.327. The molecule has 2 aromatic rings. The van der Waals surface area contributed by atoms with Gasteiger partial charge in [0.2, 0.25) is 0 Å². The topological polar surface area (TPSA) is 111 Å². The molecular weight excluding hydrogens is 364 g/mol. The van der Waals surface area contributed by atoms with E-state index in [0.717, 1.165) is 38.5 Å². The van der Waals surface area contributed by atoms with Gasteiger partial charge >= 0.3 is 11.9 Å². The fraction of sp³-hybridized carbons (Fsp3) is 0.300. The average molecular weight is 388 g/mol. The summed E-state index contributed by atoms with van der Waals surface area (Å²) >= 11 is 0. The van der Waals surface area contributed by atoms with E-state index in [1.807, 2.05) is 24.3 Å². The Bertz CT molecular complexity index is 756. The fourth-order valence-corrected chi connectivity index (χ4v) is 2.82. The first-order valence-electron chi connectivity index (χ1n) is 8.74. The monoisotopic (exact) mass is 388 g/mol. The molecule has 28 heavy (non-hydrogen) atoms. The van der Waals surface area contributed by atoms with Gasteiger partial charge in [-0.15, -0.1) is 0 Å². The summed E-state index contributed by atoms with van der Waals surface area (Å²) in [5.74, 6) is -2.42. The molecule has 0 radical (unpaired) electrons. The highest BCUT2D eigenvalue weighted by Gasteiger charge is 2.17. The third-order valence-electron chi connectivity index (χ3n) is 4.34. The van der Waals surface area contributed by atoms with Crippen molar-refractivity contribution in [3.63, 3.8) is 0 Å². The van der Waals surface area contributed by atoms with Crippen LogP contribution in [0.5, 0.6) is 11.5 Å². The maximum absolute atomic E-state index is 9.33. The number of nitrogens with zero attached hydrogens (tertiary/aromatic N) is 2. The van der Waals surface area contributed by atoms with E-state index in [9.17, 15) is 5.11 Å². The summed E-state index contributed by atoms with van der Waals surface area (Å²) in [5, 5.41) is 24.1. The molecule has 1 aliphatic rings. The summed E-state index contributed by atoms with van der Waals surface area (Å²) in [5.41, 5.74) is 2.50. The summed E-state index contributed by atoms with van der Waals surface area (Å²) in [6.07, 6.45) is 0. The lowest BCUT2D eigenvalue weighted by Crippen LogP contribution is -2.45. The minimum Gasteiger partial charge on any atom is -0.508 e. The van der Waals surface area contributed by atoms with Crippen molar-refractivity contribution in [2.45, 2.75) is 6.54 Å². The normalized spacial score (nSPS) is 14.0. The van der Waals surface area contributed by atoms with Gasteiger partial charge in [-0.2, -0.15) is 0 Å². The third-order valence-corrected chi connectivity index (χ3v) is 4.34. The first-order chi connectivity index (χ1) is 13.4. The van der Waals surface area contributed by atoms with E-state index in [-0.39, 0.29) is 0 Å². The number of hydrogen-bond donors (Lipinski definition) is 3. The second kappa shape index (κ2) is 10.2. The summed E-state index contributed by atoms with van der Waals surface area (Å²) < 4.78 is 5.20. The Kier molecular flexibility index (Phi) is 7.65. The second-order valence-electron chi connectivity index (χ2n) is 6.24. The van der Waals surface area contributed by atoms with Crippen LogP contribution in [-0.2, 0) is 16.1 Å². The Morgan fingerprint density at radius 2 is 1.43 bits per heavy atom. The minimum atomic E-state index is -1.82. The van der Waals surface area contributed by atoms with Gasteiger partial charge in [0, 0.05) is 38.4 Å². The van der Waals surface area contributed by atoms with Crippen molar-refractivity contribution < 1.29 is 29.6 Å². The molecule has 0 amide bonds. The third kappa shape index (κ3) is 6.48. The molecule has 3 rings (SSSR count). The van der Waals surface area contributed by atoms with E-state index in [0.29, 0.717) is 5.75 Å². The molecule has 0 unspecified atom stereocenters. The zero-order valence-electron chi connectivity index (χ0n) is 15.6. The largest absolute Gasteiger partial charge is 0.508 e. The predicted octanol–water partition coefficient (Wildman–Crippen LogP) is 1.88. The molecule has 0 saturated carbocycles. The van der Waals surface area contributed by atoms with Gasteiger partial charge in [0.05, 0.1) is 7.11 Å². The summed E-state index contributed by atoms with van der Waals surface area (Å²) in [7, 11) is 1.69. The number of phenols is 1. The van der Waals surface area contributed by atoms with Crippen molar-refractivity contribution in [3.05, 3.63) is 54.1 Å². The molecule has 3 N–H and O–H groups in total. The van der Waals surface area contributed by atoms with Gasteiger partial charge in [-0.1, -0.05) is 12.1 Å². The molecule has 0 spiro atoms. The van der Waals surface area contributed by atoms with Crippen LogP contribution in [0.1, 0.15) is 5.56 Å². The van der Waals surface area contributed by atoms with Crippen molar-refractivity contribution in [2.75, 3.05) is 38.2 Å². The zero-order valence-corrected chi connectivity index (χ0v) is 15.6. The van der Waals surface area contributed by atoms with E-state index < -0.39 is 11.9 Å². The number of benzene rings is 2. The number of hydrogen-bond acceptors (Lipinski definition) is 6. The van der Waals surface area contributed by atoms with Crippen molar-refractivity contribution in [1.29, 1.82) is 0 Å². The van der Waals surface area contributed by atoms with Gasteiger partial charge in [-0.05, 0) is 42.0 Å². The Labute approximate surface area is 163 Å². The highest BCUT2D eigenvalue weighted by Crippen LogP contribution is 2.21. The lowest BCUT2D eigenvalue weighted by atomic mass is 10.2. The van der Waals surface area contributed by atoms with Crippen LogP contribution in [0, 0.1) is 0 Å². The maximum atomic E-state index is 9.33. The van der Waals surface area contributed by atoms with Crippen molar-refractivity contribution in [3.8, 4) is 11.5 Å². The lowest BCUT2D eigenvalue weighted by Gasteiger charge is -2.36. The number of aromatic hydroxyl groups is 1. The molecule has 8 nitrogen and oxygen atoms in total. The number of aliphatic carboxylic acids is 2. The molecule has 0 aliphatic carbocycles. The Morgan fingerprint density at radius 1 is 0.893 bits per heavy atom. The number of phenolic OH excluding ortho intramolecular Hbond substituents is 1. The molecular formula is C20H24N2O6. The molecule has 1 fully saturated rings. The highest BCUT2D eigenvalue weighted by atomic mass is 16.5. The first kappa shape index (κ1) is 21.0. The molecule has 1 heterocycles. The number of carbonyl (C=O) groups is 2. The number of anilines is 1. The van der Waals surface area contributed by atoms with E-state index in [1.165, 1.54) is 11.3 Å². The van der Waals surface area contributed by atoms with Crippen LogP contribution in [0.15, 0.2) is 48.5 Å². The van der Waals surface area contributed by atoms with Crippen molar-refractivity contribution >= 4 is 17.6 Å². The number of methoxy groups -OCH3 is 1. The van der Waals surface area contributed by atoms with Gasteiger partial charge in [-0.3, -0.25) is 4.90 Å². The molecule has 1 aliphatic heterocycles. The van der Waals surface area contributed by atoms with E-state index in [1.54, 1.807) is 19.2 Å². The van der Waals surface area contributed by atoms with Gasteiger partial charge in [-0.25, -0.2) is 9.59 Å². The summed E-state index contributed by atoms with van der Waals surface area (Å²) in [4.78, 5) is 23.1. The first-order valence-corrected chi connectivity index (χ1v) is 8.74. The van der Waals surface area contributed by atoms with Gasteiger partial charge < -0.3 is 25.0 Å². The van der Waals surface area contributed by atoms with Crippen LogP contribution >= 0.6 is 0 Å². The number of ether oxygens (including phenoxy) is 1. The van der Waals surface area contributed by atoms with Crippen molar-refractivity contribution in [2.24, 2.45) is 0 Å². The molecule has 0 bridgehead atoms. The van der Waals surface area contributed by atoms with Crippen LogP contribution in [0.25, 0.3) is 0 Å². The lowest BCUT2D eigenvalue weighted by molar-refractivity contribution is -0.159. The molecule has 0 aromatic heterocycles. The number of carboxylic acid groups (broad SMARTS) is 2. The maximum Gasteiger partial charge on any atom is 0.414 e. The number of rotatable bonds is 4. The summed E-state index contributed by atoms with van der Waals surface area (Å²) in [6.45, 7) is 5.10. The van der Waals surface area contributed by atoms with E-state index in [4.69, 9.17) is 24.5 Å². The quantitative estimate of drug-likeness (QED) is 0.681. The molecule has 1 saturated heterocycles. The smallest absolute Gasteiger partial charge is 0.414 e. The second-order valence-corrected chi connectivity index (χ2v) is 6.24. The number of carboxylic acids is 2. The highest BCUT2D eigenvalue weighted by molar-refractivity contribution is 6.27. The molecule has 0 atom stereocenters. The Morgan fingerprint density at radius 3 is 1.89 bits per heavy atom. The van der Waals surface area contributed by atoms with Crippen LogP contribution in [-0.4, -0.2) is 65.4 Å². The van der Waals surface area contributed by atoms with Crippen LogP contribution in [0.4, 0.5) is 5.69 Å². The molecule has 8 heteroatoms. The Balaban J connectivity index is 0.000000409. The van der Waals surface area contributed by atoms with E-state index in [2.05, 4.69) is 21.9 Å². The standard InChI is InChI=1S/C18H22N2O2.C2H2O4/c1-22-18-8-4-16(5-9-18)20-12-10-19(11-13-20)14-15-2-6-17(21)7-3-15;3-1(4)2(5)6/h2-9,21H,10-14H2,1H3;(H,3,4)(H,5,6). The Hall–Kier alpha value is -3.26. The fourth-order valence-electron chi connectivity index (χ4n) is 2.82. The SMILES string of the molecule is COc1ccc(N2CCN(Cc3ccc(O)cc3)CC2)cc1.O=C(O)C(=O)O. The van der Waals surface area contributed by atoms with E-state index >= 15 is 0 Å². The molecule has 2 aromatic carbocycles. The van der Waals surface area contributed by atoms with Crippen LogP contribution < -0.4 is 9.64 Å².